The third-order valence-electron chi connectivity index (χ3n) is 7.67. The minimum atomic E-state index is -3.65. The van der Waals surface area contributed by atoms with E-state index in [2.05, 4.69) is 10.1 Å². The van der Waals surface area contributed by atoms with Crippen molar-refractivity contribution in [3.63, 3.8) is 0 Å². The Balaban J connectivity index is 1.45. The monoisotopic (exact) mass is 513 g/mol. The summed E-state index contributed by atoms with van der Waals surface area (Å²) < 4.78 is 55.2. The predicted octanol–water partition coefficient (Wildman–Crippen LogP) is 4.92. The fourth-order valence-electron chi connectivity index (χ4n) is 5.45. The van der Waals surface area contributed by atoms with Gasteiger partial charge in [0.1, 0.15) is 11.1 Å². The van der Waals surface area contributed by atoms with E-state index in [-0.39, 0.29) is 12.6 Å². The molecule has 1 aromatic heterocycles. The van der Waals surface area contributed by atoms with Crippen LogP contribution in [-0.4, -0.2) is 42.1 Å². The molecular weight excluding hydrogens is 481 g/mol. The molecule has 2 aliphatic rings. The van der Waals surface area contributed by atoms with Crippen molar-refractivity contribution in [1.82, 2.24) is 14.4 Å². The first-order valence-electron chi connectivity index (χ1n) is 12.6. The van der Waals surface area contributed by atoms with Gasteiger partial charge in [0.2, 0.25) is 15.9 Å². The van der Waals surface area contributed by atoms with Gasteiger partial charge in [-0.2, -0.15) is 9.29 Å². The van der Waals surface area contributed by atoms with Gasteiger partial charge in [0.15, 0.2) is 5.82 Å². The van der Waals surface area contributed by atoms with Gasteiger partial charge < -0.3 is 9.26 Å². The average Bonchev–Trinajstić information content (AvgIpc) is 3.38. The number of halogens is 1. The van der Waals surface area contributed by atoms with E-state index in [0.717, 1.165) is 17.5 Å². The van der Waals surface area contributed by atoms with Crippen LogP contribution in [0.3, 0.4) is 0 Å². The summed E-state index contributed by atoms with van der Waals surface area (Å²) in [4.78, 5) is 4.57. The Morgan fingerprint density at radius 2 is 1.86 bits per heavy atom. The molecule has 2 atom stereocenters. The Bertz CT molecular complexity index is 1310. The molecule has 0 unspecified atom stereocenters. The number of benzene rings is 2. The summed E-state index contributed by atoms with van der Waals surface area (Å²) in [6, 6.07) is 14.2. The summed E-state index contributed by atoms with van der Waals surface area (Å²) in [6.45, 7) is 4.87. The zero-order valence-electron chi connectivity index (χ0n) is 20.7. The van der Waals surface area contributed by atoms with Crippen LogP contribution in [0.15, 0.2) is 53.1 Å². The molecule has 0 amide bonds. The molecule has 0 spiro atoms. The van der Waals surface area contributed by atoms with E-state index in [4.69, 9.17) is 9.26 Å². The van der Waals surface area contributed by atoms with E-state index in [0.29, 0.717) is 56.2 Å². The third-order valence-corrected chi connectivity index (χ3v) is 10.0. The molecule has 192 valence electrons. The molecule has 0 bridgehead atoms. The average molecular weight is 514 g/mol. The maximum atomic E-state index is 15.6. The number of hydrogen-bond donors (Lipinski definition) is 0. The van der Waals surface area contributed by atoms with Crippen molar-refractivity contribution >= 4 is 10.0 Å². The molecule has 36 heavy (non-hydrogen) atoms. The lowest BCUT2D eigenvalue weighted by Crippen LogP contribution is -2.44. The van der Waals surface area contributed by atoms with Crippen molar-refractivity contribution < 1.29 is 22.1 Å². The summed E-state index contributed by atoms with van der Waals surface area (Å²) in [7, 11) is -3.65. The number of rotatable bonds is 6. The van der Waals surface area contributed by atoms with Crippen LogP contribution in [-0.2, 0) is 33.1 Å². The van der Waals surface area contributed by atoms with E-state index in [9.17, 15) is 8.42 Å². The van der Waals surface area contributed by atoms with Gasteiger partial charge in [0.05, 0.1) is 5.41 Å². The normalized spacial score (nSPS) is 24.0. The molecule has 2 fully saturated rings. The quantitative estimate of drug-likeness (QED) is 0.465. The fraction of sp³-hybridized carbons (Fsp3) is 0.481. The molecular formula is C27H32FN3O4S. The lowest BCUT2D eigenvalue weighted by atomic mass is 9.73. The molecule has 3 aromatic rings. The topological polar surface area (TPSA) is 85.5 Å². The maximum absolute atomic E-state index is 15.6. The van der Waals surface area contributed by atoms with Crippen molar-refractivity contribution in [1.29, 1.82) is 0 Å². The highest BCUT2D eigenvalue weighted by Crippen LogP contribution is 2.41. The van der Waals surface area contributed by atoms with Gasteiger partial charge in [0, 0.05) is 37.8 Å². The first-order chi connectivity index (χ1) is 17.3. The molecule has 9 heteroatoms. The number of aryl methyl sites for hydroxylation is 1. The molecule has 0 saturated carbocycles. The molecule has 2 aliphatic heterocycles. The lowest BCUT2D eigenvalue weighted by molar-refractivity contribution is 0.0596. The van der Waals surface area contributed by atoms with Crippen LogP contribution < -0.4 is 0 Å². The molecule has 0 aliphatic carbocycles. The van der Waals surface area contributed by atoms with Crippen LogP contribution in [0.25, 0.3) is 0 Å². The Morgan fingerprint density at radius 1 is 1.11 bits per heavy atom. The van der Waals surface area contributed by atoms with Crippen LogP contribution in [0.4, 0.5) is 4.39 Å². The Hall–Kier alpha value is -2.62. The Labute approximate surface area is 211 Å². The number of sulfonamides is 1. The smallest absolute Gasteiger partial charge is 0.226 e. The highest BCUT2D eigenvalue weighted by molar-refractivity contribution is 7.89. The summed E-state index contributed by atoms with van der Waals surface area (Å²) in [5.41, 5.74) is 1.29. The third kappa shape index (κ3) is 4.48. The van der Waals surface area contributed by atoms with Crippen molar-refractivity contribution in [3.8, 4) is 0 Å². The Kier molecular flexibility index (Phi) is 6.98. The standard InChI is InChI=1S/C27H32FN3O4S/c1-3-25-29-26(30-35-25)27(13-15-34-16-14-27)22-11-10-21(23(28)17-22)18-31-19(2)9-12-24(36(31,32)33)20-7-5-4-6-8-20/h4-8,10-11,17,19,24H,3,9,12-16,18H2,1-2H3/t19-,24+/m0/s1. The second-order valence-electron chi connectivity index (χ2n) is 9.78. The molecule has 0 N–H and O–H groups in total. The van der Waals surface area contributed by atoms with Gasteiger partial charge in [0.25, 0.3) is 0 Å². The van der Waals surface area contributed by atoms with Crippen molar-refractivity contribution in [2.45, 2.75) is 69.2 Å². The van der Waals surface area contributed by atoms with E-state index in [1.807, 2.05) is 50.2 Å². The van der Waals surface area contributed by atoms with Crippen molar-refractivity contribution in [2.24, 2.45) is 0 Å². The van der Waals surface area contributed by atoms with Crippen LogP contribution >= 0.6 is 0 Å². The number of hydrogen-bond acceptors (Lipinski definition) is 6. The zero-order valence-corrected chi connectivity index (χ0v) is 21.5. The van der Waals surface area contributed by atoms with Crippen molar-refractivity contribution in [2.75, 3.05) is 13.2 Å². The summed E-state index contributed by atoms with van der Waals surface area (Å²) in [5, 5.41) is 3.60. The molecule has 2 aromatic carbocycles. The number of nitrogens with zero attached hydrogens (tertiary/aromatic N) is 3. The summed E-state index contributed by atoms with van der Waals surface area (Å²) >= 11 is 0. The van der Waals surface area contributed by atoms with Crippen LogP contribution in [0.2, 0.25) is 0 Å². The second kappa shape index (κ2) is 10.0. The second-order valence-corrected chi connectivity index (χ2v) is 11.8. The fourth-order valence-corrected chi connectivity index (χ4v) is 7.64. The van der Waals surface area contributed by atoms with Crippen LogP contribution in [0, 0.1) is 5.82 Å². The van der Waals surface area contributed by atoms with Gasteiger partial charge >= 0.3 is 0 Å². The predicted molar refractivity (Wildman–Crippen MR) is 133 cm³/mol. The molecule has 2 saturated heterocycles. The largest absolute Gasteiger partial charge is 0.381 e. The van der Waals surface area contributed by atoms with Crippen molar-refractivity contribution in [3.05, 3.63) is 82.8 Å². The van der Waals surface area contributed by atoms with Crippen LogP contribution in [0.1, 0.15) is 73.2 Å². The van der Waals surface area contributed by atoms with E-state index < -0.39 is 26.5 Å². The van der Waals surface area contributed by atoms with E-state index in [1.54, 1.807) is 6.07 Å². The zero-order chi connectivity index (χ0) is 25.3. The number of aromatic nitrogens is 2. The SMILES string of the molecule is CCc1nc(C2(c3ccc(CN4[C@@H](C)CC[C@H](c5ccccc5)S4(=O)=O)c(F)c3)CCOCC2)no1. The van der Waals surface area contributed by atoms with Gasteiger partial charge in [-0.3, -0.25) is 0 Å². The molecule has 7 nitrogen and oxygen atoms in total. The first-order valence-corrected chi connectivity index (χ1v) is 14.1. The minimum absolute atomic E-state index is 0.00273. The van der Waals surface area contributed by atoms with Gasteiger partial charge in [-0.1, -0.05) is 54.5 Å². The maximum Gasteiger partial charge on any atom is 0.226 e. The Morgan fingerprint density at radius 3 is 2.53 bits per heavy atom. The lowest BCUT2D eigenvalue weighted by Gasteiger charge is -2.38. The van der Waals surface area contributed by atoms with Gasteiger partial charge in [-0.15, -0.1) is 0 Å². The highest BCUT2D eigenvalue weighted by atomic mass is 32.2. The summed E-state index contributed by atoms with van der Waals surface area (Å²) in [5.74, 6) is 0.666. The minimum Gasteiger partial charge on any atom is -0.381 e. The highest BCUT2D eigenvalue weighted by Gasteiger charge is 2.43. The van der Waals surface area contributed by atoms with Crippen LogP contribution in [0.5, 0.6) is 0 Å². The number of ether oxygens (including phenoxy) is 1. The van der Waals surface area contributed by atoms with Gasteiger partial charge in [-0.25, -0.2) is 12.8 Å². The molecule has 5 rings (SSSR count). The van der Waals surface area contributed by atoms with E-state index in [1.165, 1.54) is 10.4 Å². The molecule has 0 radical (unpaired) electrons. The first kappa shape index (κ1) is 25.0. The van der Waals surface area contributed by atoms with E-state index >= 15 is 4.39 Å². The van der Waals surface area contributed by atoms with Gasteiger partial charge in [-0.05, 0) is 49.8 Å². The molecule has 3 heterocycles. The summed E-state index contributed by atoms with van der Waals surface area (Å²) in [6.07, 6.45) is 3.13.